The zero-order valence-corrected chi connectivity index (χ0v) is 29.8. The number of hydrogen-bond acceptors (Lipinski definition) is 0. The molecular formula is C32H72Br2N2. The van der Waals surface area contributed by atoms with E-state index >= 15 is 0 Å². The summed E-state index contributed by atoms with van der Waals surface area (Å²) < 4.78 is 2.31. The molecular weight excluding hydrogens is 572 g/mol. The molecule has 0 rings (SSSR count). The smallest absolute Gasteiger partial charge is 0.0782 e. The Labute approximate surface area is 252 Å². The Hall–Kier alpha value is 0.880. The van der Waals surface area contributed by atoms with E-state index in [-0.39, 0.29) is 34.0 Å². The molecule has 4 heteroatoms. The van der Waals surface area contributed by atoms with E-state index in [9.17, 15) is 0 Å². The maximum absolute atomic E-state index is 2.34. The van der Waals surface area contributed by atoms with Crippen molar-refractivity contribution in [2.24, 2.45) is 0 Å². The van der Waals surface area contributed by atoms with Crippen LogP contribution >= 0.6 is 0 Å². The third-order valence-electron chi connectivity index (χ3n) is 7.41. The fourth-order valence-electron chi connectivity index (χ4n) is 4.44. The van der Waals surface area contributed by atoms with Gasteiger partial charge >= 0.3 is 0 Å². The number of quaternary nitrogens is 2. The first kappa shape index (κ1) is 43.9. The van der Waals surface area contributed by atoms with Crippen LogP contribution in [0.25, 0.3) is 0 Å². The quantitative estimate of drug-likeness (QED) is 0.110. The first-order valence-electron chi connectivity index (χ1n) is 15.8. The lowest BCUT2D eigenvalue weighted by Gasteiger charge is -2.28. The Morgan fingerprint density at radius 1 is 0.333 bits per heavy atom. The van der Waals surface area contributed by atoms with Crippen molar-refractivity contribution >= 4 is 0 Å². The van der Waals surface area contributed by atoms with Gasteiger partial charge in [0.05, 0.1) is 54.9 Å². The van der Waals surface area contributed by atoms with Gasteiger partial charge in [0.2, 0.25) is 0 Å². The third-order valence-corrected chi connectivity index (χ3v) is 7.41. The van der Waals surface area contributed by atoms with Crippen LogP contribution < -0.4 is 34.0 Å². The summed E-state index contributed by atoms with van der Waals surface area (Å²) in [6.45, 7) is 10.8. The monoisotopic (exact) mass is 642 g/mol. The first-order valence-corrected chi connectivity index (χ1v) is 15.8. The van der Waals surface area contributed by atoms with Crippen LogP contribution in [0.2, 0.25) is 0 Å². The fraction of sp³-hybridized carbons (Fsp3) is 1.00. The molecule has 0 atom stereocenters. The van der Waals surface area contributed by atoms with Gasteiger partial charge in [0.25, 0.3) is 0 Å². The van der Waals surface area contributed by atoms with Crippen molar-refractivity contribution in [2.45, 2.75) is 156 Å². The van der Waals surface area contributed by atoms with Gasteiger partial charge in [-0.15, -0.1) is 0 Å². The van der Waals surface area contributed by atoms with E-state index in [2.05, 4.69) is 56.0 Å². The van der Waals surface area contributed by atoms with E-state index in [1.54, 1.807) is 0 Å². The van der Waals surface area contributed by atoms with Crippen molar-refractivity contribution in [3.63, 3.8) is 0 Å². The lowest BCUT2D eigenvalue weighted by molar-refractivity contribution is -0.888. The van der Waals surface area contributed by atoms with E-state index in [0.29, 0.717) is 0 Å². The topological polar surface area (TPSA) is 0 Å². The highest BCUT2D eigenvalue weighted by Gasteiger charge is 2.10. The van der Waals surface area contributed by atoms with Crippen molar-refractivity contribution in [2.75, 3.05) is 54.9 Å². The maximum atomic E-state index is 2.34. The van der Waals surface area contributed by atoms with E-state index in [4.69, 9.17) is 0 Å². The van der Waals surface area contributed by atoms with Gasteiger partial charge in [-0.25, -0.2) is 0 Å². The van der Waals surface area contributed by atoms with Crippen LogP contribution in [0.3, 0.4) is 0 Å². The summed E-state index contributed by atoms with van der Waals surface area (Å²) in [6.07, 6.45) is 30.3. The third kappa shape index (κ3) is 42.0. The molecule has 0 spiro atoms. The normalized spacial score (nSPS) is 11.3. The molecule has 0 saturated heterocycles. The maximum Gasteiger partial charge on any atom is 0.0782 e. The molecule has 0 aliphatic heterocycles. The summed E-state index contributed by atoms with van der Waals surface area (Å²) in [5.41, 5.74) is 0. The molecule has 0 aromatic carbocycles. The Morgan fingerprint density at radius 2 is 0.583 bits per heavy atom. The summed E-state index contributed by atoms with van der Waals surface area (Å²) in [7, 11) is 11.5. The van der Waals surface area contributed by atoms with Crippen LogP contribution in [0.15, 0.2) is 0 Å². The zero-order valence-electron chi connectivity index (χ0n) is 26.6. The number of hydrogen-bond donors (Lipinski definition) is 0. The molecule has 0 aromatic rings. The lowest BCUT2D eigenvalue weighted by Crippen LogP contribution is -3.00. The second-order valence-corrected chi connectivity index (χ2v) is 12.7. The van der Waals surface area contributed by atoms with Crippen molar-refractivity contribution < 1.29 is 42.9 Å². The molecule has 0 saturated carbocycles. The lowest BCUT2D eigenvalue weighted by atomic mass is 10.1. The van der Waals surface area contributed by atoms with Gasteiger partial charge in [0.1, 0.15) is 0 Å². The molecule has 0 heterocycles. The van der Waals surface area contributed by atoms with Crippen LogP contribution in [0.5, 0.6) is 0 Å². The molecule has 0 N–H and O–H groups in total. The minimum atomic E-state index is 0. The van der Waals surface area contributed by atoms with E-state index < -0.39 is 0 Å². The van der Waals surface area contributed by atoms with E-state index in [1.165, 1.54) is 159 Å². The van der Waals surface area contributed by atoms with Crippen LogP contribution in [0.1, 0.15) is 156 Å². The molecule has 0 radical (unpaired) electrons. The number of nitrogens with zero attached hydrogens (tertiary/aromatic N) is 2. The van der Waals surface area contributed by atoms with Gasteiger partial charge in [-0.05, 0) is 32.6 Å². The van der Waals surface area contributed by atoms with Gasteiger partial charge in [-0.1, -0.05) is 123 Å². The zero-order chi connectivity index (χ0) is 26.0. The number of rotatable bonds is 24. The van der Waals surface area contributed by atoms with E-state index in [1.807, 2.05) is 0 Å². The molecule has 0 fully saturated rings. The predicted molar refractivity (Wildman–Crippen MR) is 159 cm³/mol. The first-order chi connectivity index (χ1) is 16.2. The van der Waals surface area contributed by atoms with Crippen LogP contribution in [-0.4, -0.2) is 63.8 Å². The highest BCUT2D eigenvalue weighted by molar-refractivity contribution is 4.49. The van der Waals surface area contributed by atoms with Crippen molar-refractivity contribution in [3.8, 4) is 0 Å². The van der Waals surface area contributed by atoms with Gasteiger partial charge in [0, 0.05) is 0 Å². The average Bonchev–Trinajstić information content (AvgIpc) is 2.78. The Bertz CT molecular complexity index is 381. The highest BCUT2D eigenvalue weighted by atomic mass is 79.9. The molecule has 0 bridgehead atoms. The number of unbranched alkanes of at least 4 members (excludes halogenated alkanes) is 19. The molecule has 0 aromatic heterocycles. The van der Waals surface area contributed by atoms with Crippen LogP contribution in [0, 0.1) is 0 Å². The Morgan fingerprint density at radius 3 is 0.833 bits per heavy atom. The predicted octanol–water partition coefficient (Wildman–Crippen LogP) is 4.02. The van der Waals surface area contributed by atoms with Crippen LogP contribution in [-0.2, 0) is 0 Å². The average molecular weight is 645 g/mol. The molecule has 0 amide bonds. The minimum absolute atomic E-state index is 0. The van der Waals surface area contributed by atoms with E-state index in [0.717, 1.165) is 4.48 Å². The molecule has 224 valence electrons. The van der Waals surface area contributed by atoms with Gasteiger partial charge < -0.3 is 42.9 Å². The number of halogens is 2. The summed E-state index contributed by atoms with van der Waals surface area (Å²) in [4.78, 5) is 0. The minimum Gasteiger partial charge on any atom is -1.00 e. The Balaban J connectivity index is -0.000000271. The van der Waals surface area contributed by atoms with Crippen molar-refractivity contribution in [1.29, 1.82) is 0 Å². The summed E-state index contributed by atoms with van der Waals surface area (Å²) in [6, 6.07) is 0. The molecule has 2 nitrogen and oxygen atoms in total. The SMILES string of the molecule is CCCCCCCCCCCCC[N+](C)(C)CC.CCCCCCCCCCCC[N+](C)(C)C.[Br-].[Br-]. The van der Waals surface area contributed by atoms with Crippen molar-refractivity contribution in [1.82, 2.24) is 0 Å². The van der Waals surface area contributed by atoms with Gasteiger partial charge in [-0.2, -0.15) is 0 Å². The standard InChI is InChI=1S/C17H38N.C15H34N.2BrH/c1-5-7-8-9-10-11-12-13-14-15-16-17-18(3,4)6-2;1-5-6-7-8-9-10-11-12-13-14-15-16(2,3)4;;/h5-17H2,1-4H3;5-15H2,1-4H3;2*1H/q2*+1;;/p-2. The summed E-state index contributed by atoms with van der Waals surface area (Å²) >= 11 is 0. The molecule has 0 aliphatic carbocycles. The van der Waals surface area contributed by atoms with Gasteiger partial charge in [-0.3, -0.25) is 0 Å². The molecule has 0 unspecified atom stereocenters. The largest absolute Gasteiger partial charge is 1.00 e. The summed E-state index contributed by atoms with van der Waals surface area (Å²) in [5.74, 6) is 0. The highest BCUT2D eigenvalue weighted by Crippen LogP contribution is 2.12. The molecule has 36 heavy (non-hydrogen) atoms. The summed E-state index contributed by atoms with van der Waals surface area (Å²) in [5, 5.41) is 0. The van der Waals surface area contributed by atoms with Crippen LogP contribution in [0.4, 0.5) is 0 Å². The fourth-order valence-corrected chi connectivity index (χ4v) is 4.44. The second-order valence-electron chi connectivity index (χ2n) is 12.7. The second kappa shape index (κ2) is 32.1. The van der Waals surface area contributed by atoms with Gasteiger partial charge in [0.15, 0.2) is 0 Å². The molecule has 0 aliphatic rings. The Kier molecular flexibility index (Phi) is 39.2. The van der Waals surface area contributed by atoms with Crippen molar-refractivity contribution in [3.05, 3.63) is 0 Å².